The number of hydrogen-bond acceptors (Lipinski definition) is 3. The lowest BCUT2D eigenvalue weighted by molar-refractivity contribution is 0.405. The largest absolute Gasteiger partial charge is 0.395 e. The molecule has 0 aliphatic heterocycles. The van der Waals surface area contributed by atoms with Crippen molar-refractivity contribution in [1.82, 2.24) is 4.90 Å². The monoisotopic (exact) mass is 316 g/mol. The Hall–Kier alpha value is 0.750. The molecule has 0 heterocycles. The first-order chi connectivity index (χ1) is 5.61. The van der Waals surface area contributed by atoms with Gasteiger partial charge in [0.15, 0.2) is 0 Å². The lowest BCUT2D eigenvalue weighted by Crippen LogP contribution is -2.22. The molecule has 1 unspecified atom stereocenters. The van der Waals surface area contributed by atoms with Gasteiger partial charge in [0.2, 0.25) is 0 Å². The van der Waals surface area contributed by atoms with Crippen LogP contribution in [-0.4, -0.2) is 28.2 Å². The van der Waals surface area contributed by atoms with Crippen molar-refractivity contribution in [2.45, 2.75) is 10.3 Å². The van der Waals surface area contributed by atoms with Crippen LogP contribution in [0.4, 0.5) is 0 Å². The number of thioether (sulfide) groups is 1. The molecule has 0 aromatic carbocycles. The standard InChI is InChI=1S/C7H14IN2PS/c1-4-10(2)7(8)12-5-6(9)11-3/h5,7H,3-4,9H2,1-2H3/b6-5+. The fourth-order valence-electron chi connectivity index (χ4n) is 0.411. The molecule has 12 heavy (non-hydrogen) atoms. The second kappa shape index (κ2) is 7.18. The minimum absolute atomic E-state index is 0.452. The molecule has 0 rings (SSSR count). The maximum Gasteiger partial charge on any atom is 0.112 e. The van der Waals surface area contributed by atoms with E-state index in [1.807, 2.05) is 5.41 Å². The van der Waals surface area contributed by atoms with Crippen LogP contribution in [0.5, 0.6) is 0 Å². The van der Waals surface area contributed by atoms with Crippen LogP contribution in [0.25, 0.3) is 0 Å². The summed E-state index contributed by atoms with van der Waals surface area (Å²) in [5.74, 6) is 0. The summed E-state index contributed by atoms with van der Waals surface area (Å²) in [6, 6.07) is 0. The first-order valence-electron chi connectivity index (χ1n) is 3.54. The Kier molecular flexibility index (Phi) is 7.63. The molecule has 70 valence electrons. The van der Waals surface area contributed by atoms with Gasteiger partial charge in [-0.05, 0) is 13.6 Å². The van der Waals surface area contributed by atoms with Crippen LogP contribution in [0.15, 0.2) is 10.8 Å². The van der Waals surface area contributed by atoms with Crippen LogP contribution in [0, 0.1) is 0 Å². The SMILES string of the molecule is C=P/C(N)=C/SC(I)N(C)CC. The molecule has 0 radical (unpaired) electrons. The molecule has 2 nitrogen and oxygen atoms in total. The molecule has 2 N–H and O–H groups in total. The molecule has 0 aliphatic carbocycles. The number of nitrogens with two attached hydrogens (primary N) is 1. The number of rotatable bonds is 5. The summed E-state index contributed by atoms with van der Waals surface area (Å²) in [5.41, 5.74) is 6.43. The Balaban J connectivity index is 3.84. The zero-order valence-electron chi connectivity index (χ0n) is 7.33. The van der Waals surface area contributed by atoms with Crippen LogP contribution in [0.1, 0.15) is 6.92 Å². The molecule has 0 saturated carbocycles. The lowest BCUT2D eigenvalue weighted by atomic mass is 10.7. The predicted molar refractivity (Wildman–Crippen MR) is 70.0 cm³/mol. The van der Waals surface area contributed by atoms with E-state index < -0.39 is 0 Å². The highest BCUT2D eigenvalue weighted by molar-refractivity contribution is 14.1. The molecule has 0 aromatic rings. The Bertz CT molecular complexity index is 175. The summed E-state index contributed by atoms with van der Waals surface area (Å²) in [6.45, 7) is 3.19. The van der Waals surface area contributed by atoms with Crippen LogP contribution in [0.3, 0.4) is 0 Å². The maximum absolute atomic E-state index is 5.61. The Morgan fingerprint density at radius 3 is 2.92 bits per heavy atom. The number of hydrogen-bond donors (Lipinski definition) is 1. The summed E-state index contributed by atoms with van der Waals surface area (Å²) in [7, 11) is 3.00. The van der Waals surface area contributed by atoms with E-state index in [0.29, 0.717) is 3.38 Å². The van der Waals surface area contributed by atoms with E-state index in [-0.39, 0.29) is 0 Å². The minimum Gasteiger partial charge on any atom is -0.395 e. The first-order valence-corrected chi connectivity index (χ1v) is 6.80. The summed E-state index contributed by atoms with van der Waals surface area (Å²) in [6.07, 6.45) is 3.68. The van der Waals surface area contributed by atoms with E-state index >= 15 is 0 Å². The molecule has 0 amide bonds. The second-order valence-corrected chi connectivity index (χ2v) is 6.01. The van der Waals surface area contributed by atoms with Gasteiger partial charge in [0.05, 0.1) is 5.44 Å². The highest BCUT2D eigenvalue weighted by Gasteiger charge is 2.06. The van der Waals surface area contributed by atoms with Crippen molar-refractivity contribution in [2.24, 2.45) is 5.73 Å². The van der Waals surface area contributed by atoms with Crippen molar-refractivity contribution < 1.29 is 0 Å². The topological polar surface area (TPSA) is 29.3 Å². The smallest absolute Gasteiger partial charge is 0.112 e. The molecule has 0 aliphatic rings. The predicted octanol–water partition coefficient (Wildman–Crippen LogP) is 2.53. The number of alkyl halides is 1. The minimum atomic E-state index is 0.452. The van der Waals surface area contributed by atoms with Crippen LogP contribution in [-0.2, 0) is 0 Å². The first kappa shape index (κ1) is 12.8. The van der Waals surface area contributed by atoms with Gasteiger partial charge >= 0.3 is 0 Å². The van der Waals surface area contributed by atoms with Crippen molar-refractivity contribution in [1.29, 1.82) is 0 Å². The summed E-state index contributed by atoms with van der Waals surface area (Å²) < 4.78 is 0.452. The van der Waals surface area contributed by atoms with Gasteiger partial charge in [-0.25, -0.2) is 0 Å². The molecular weight excluding hydrogens is 302 g/mol. The fraction of sp³-hybridized carbons (Fsp3) is 0.571. The van der Waals surface area contributed by atoms with Gasteiger partial charge in [0, 0.05) is 5.41 Å². The van der Waals surface area contributed by atoms with Gasteiger partial charge in [-0.1, -0.05) is 44.0 Å². The van der Waals surface area contributed by atoms with Crippen LogP contribution < -0.4 is 5.73 Å². The second-order valence-electron chi connectivity index (χ2n) is 2.20. The van der Waals surface area contributed by atoms with Crippen LogP contribution >= 0.6 is 42.6 Å². The lowest BCUT2D eigenvalue weighted by Gasteiger charge is -2.18. The number of halogens is 1. The van der Waals surface area contributed by atoms with Gasteiger partial charge in [-0.3, -0.25) is 4.90 Å². The zero-order chi connectivity index (χ0) is 9.56. The summed E-state index contributed by atoms with van der Waals surface area (Å²) in [5, 5.41) is 1.97. The molecule has 0 aromatic heterocycles. The summed E-state index contributed by atoms with van der Waals surface area (Å²) >= 11 is 4.10. The molecular formula is C7H14IN2PS. The van der Waals surface area contributed by atoms with Crippen molar-refractivity contribution >= 4 is 48.9 Å². The summed E-state index contributed by atoms with van der Waals surface area (Å²) in [4.78, 5) is 2.25. The van der Waals surface area contributed by atoms with Crippen molar-refractivity contribution in [2.75, 3.05) is 13.6 Å². The highest BCUT2D eigenvalue weighted by atomic mass is 127. The molecule has 5 heteroatoms. The molecule has 1 atom stereocenters. The van der Waals surface area contributed by atoms with Gasteiger partial charge in [-0.2, -0.15) is 0 Å². The van der Waals surface area contributed by atoms with E-state index in [0.717, 1.165) is 20.2 Å². The average molecular weight is 316 g/mol. The third kappa shape index (κ3) is 5.41. The fourth-order valence-corrected chi connectivity index (χ4v) is 2.33. The normalized spacial score (nSPS) is 15.5. The van der Waals surface area contributed by atoms with Crippen molar-refractivity contribution in [3.63, 3.8) is 0 Å². The third-order valence-electron chi connectivity index (χ3n) is 1.33. The average Bonchev–Trinajstić information content (AvgIpc) is 2.11. The molecule has 0 bridgehead atoms. The Morgan fingerprint density at radius 2 is 2.50 bits per heavy atom. The quantitative estimate of drug-likeness (QED) is 0.278. The third-order valence-corrected chi connectivity index (χ3v) is 4.80. The highest BCUT2D eigenvalue weighted by Crippen LogP contribution is 2.24. The zero-order valence-corrected chi connectivity index (χ0v) is 11.2. The number of nitrogens with zero attached hydrogens (tertiary/aromatic N) is 1. The van der Waals surface area contributed by atoms with Gasteiger partial charge < -0.3 is 5.73 Å². The molecule has 0 spiro atoms. The van der Waals surface area contributed by atoms with Crippen LogP contribution in [0.2, 0.25) is 0 Å². The Labute approximate surface area is 93.9 Å². The van der Waals surface area contributed by atoms with E-state index in [2.05, 4.69) is 47.8 Å². The van der Waals surface area contributed by atoms with Crippen molar-refractivity contribution in [3.8, 4) is 0 Å². The van der Waals surface area contributed by atoms with Gasteiger partial charge in [0.25, 0.3) is 0 Å². The van der Waals surface area contributed by atoms with Gasteiger partial charge in [0.1, 0.15) is 3.38 Å². The van der Waals surface area contributed by atoms with E-state index in [9.17, 15) is 0 Å². The molecule has 0 saturated heterocycles. The van der Waals surface area contributed by atoms with E-state index in [1.54, 1.807) is 11.8 Å². The van der Waals surface area contributed by atoms with Crippen molar-refractivity contribution in [3.05, 3.63) is 10.8 Å². The van der Waals surface area contributed by atoms with E-state index in [1.165, 1.54) is 0 Å². The van der Waals surface area contributed by atoms with Gasteiger partial charge in [-0.15, -0.1) is 11.8 Å². The maximum atomic E-state index is 5.61. The Morgan fingerprint density at radius 1 is 1.92 bits per heavy atom. The molecule has 0 fully saturated rings. The van der Waals surface area contributed by atoms with E-state index in [4.69, 9.17) is 5.73 Å².